The molecule has 1 aromatic rings. The summed E-state index contributed by atoms with van der Waals surface area (Å²) in [6.45, 7) is 5.95. The maximum absolute atomic E-state index is 12.2. The van der Waals surface area contributed by atoms with Crippen LogP contribution in [0.5, 0.6) is 17.2 Å². The molecular formula is C16H24O4. The van der Waals surface area contributed by atoms with E-state index >= 15 is 0 Å². The van der Waals surface area contributed by atoms with Crippen LogP contribution in [0.4, 0.5) is 0 Å². The van der Waals surface area contributed by atoms with Gasteiger partial charge >= 0.3 is 0 Å². The Bertz CT molecular complexity index is 466. The van der Waals surface area contributed by atoms with Gasteiger partial charge in [0.1, 0.15) is 5.78 Å². The second-order valence-corrected chi connectivity index (χ2v) is 4.97. The molecule has 0 heterocycles. The van der Waals surface area contributed by atoms with Crippen LogP contribution in [0, 0.1) is 5.92 Å². The topological polar surface area (TPSA) is 44.8 Å². The Kier molecular flexibility index (Phi) is 5.86. The number of ketones is 1. The lowest BCUT2D eigenvalue weighted by Crippen LogP contribution is -2.18. The average molecular weight is 280 g/mol. The van der Waals surface area contributed by atoms with E-state index in [0.717, 1.165) is 5.56 Å². The molecule has 1 aromatic carbocycles. The van der Waals surface area contributed by atoms with Crippen molar-refractivity contribution in [2.75, 3.05) is 21.3 Å². The third-order valence-corrected chi connectivity index (χ3v) is 3.43. The zero-order valence-corrected chi connectivity index (χ0v) is 13.1. The SMILES string of the molecule is CCC(=O)C(c1ccc(OC)c(OC)c1OC)C(C)C. The van der Waals surface area contributed by atoms with Crippen LogP contribution in [-0.2, 0) is 4.79 Å². The lowest BCUT2D eigenvalue weighted by Gasteiger charge is -2.24. The van der Waals surface area contributed by atoms with Gasteiger partial charge in [-0.15, -0.1) is 0 Å². The smallest absolute Gasteiger partial charge is 0.203 e. The van der Waals surface area contributed by atoms with Crippen molar-refractivity contribution in [1.82, 2.24) is 0 Å². The van der Waals surface area contributed by atoms with Gasteiger partial charge in [-0.3, -0.25) is 4.79 Å². The van der Waals surface area contributed by atoms with E-state index in [1.807, 2.05) is 32.9 Å². The molecule has 0 aliphatic carbocycles. The van der Waals surface area contributed by atoms with Crippen molar-refractivity contribution in [3.8, 4) is 17.2 Å². The van der Waals surface area contributed by atoms with Gasteiger partial charge in [0.2, 0.25) is 5.75 Å². The van der Waals surface area contributed by atoms with Gasteiger partial charge in [-0.25, -0.2) is 0 Å². The van der Waals surface area contributed by atoms with E-state index in [9.17, 15) is 4.79 Å². The Balaban J connectivity index is 3.46. The second-order valence-electron chi connectivity index (χ2n) is 4.97. The minimum Gasteiger partial charge on any atom is -0.493 e. The maximum atomic E-state index is 12.2. The summed E-state index contributed by atoms with van der Waals surface area (Å²) in [6.07, 6.45) is 0.500. The molecule has 4 nitrogen and oxygen atoms in total. The highest BCUT2D eigenvalue weighted by molar-refractivity contribution is 5.87. The second kappa shape index (κ2) is 7.17. The highest BCUT2D eigenvalue weighted by Crippen LogP contribution is 2.44. The number of hydrogen-bond acceptors (Lipinski definition) is 4. The summed E-state index contributed by atoms with van der Waals surface area (Å²) < 4.78 is 16.1. The van der Waals surface area contributed by atoms with E-state index in [1.54, 1.807) is 21.3 Å². The van der Waals surface area contributed by atoms with Crippen molar-refractivity contribution in [3.63, 3.8) is 0 Å². The Morgan fingerprint density at radius 2 is 1.65 bits per heavy atom. The molecule has 0 aliphatic rings. The third kappa shape index (κ3) is 3.06. The minimum atomic E-state index is -0.199. The van der Waals surface area contributed by atoms with E-state index < -0.39 is 0 Å². The predicted octanol–water partition coefficient (Wildman–Crippen LogP) is 3.43. The zero-order chi connectivity index (χ0) is 15.3. The molecule has 0 saturated heterocycles. The zero-order valence-electron chi connectivity index (χ0n) is 13.1. The molecule has 1 rings (SSSR count). The van der Waals surface area contributed by atoms with Crippen LogP contribution in [0.1, 0.15) is 38.7 Å². The molecule has 1 atom stereocenters. The summed E-state index contributed by atoms with van der Waals surface area (Å²) >= 11 is 0. The molecule has 0 aliphatic heterocycles. The first-order chi connectivity index (χ1) is 9.51. The van der Waals surface area contributed by atoms with Crippen LogP contribution in [0.2, 0.25) is 0 Å². The van der Waals surface area contributed by atoms with E-state index in [4.69, 9.17) is 14.2 Å². The number of rotatable bonds is 7. The number of carbonyl (C=O) groups is 1. The van der Waals surface area contributed by atoms with Gasteiger partial charge in [-0.2, -0.15) is 0 Å². The predicted molar refractivity (Wildman–Crippen MR) is 79.0 cm³/mol. The molecule has 1 unspecified atom stereocenters. The van der Waals surface area contributed by atoms with Gasteiger partial charge in [0.25, 0.3) is 0 Å². The van der Waals surface area contributed by atoms with Gasteiger partial charge in [0.05, 0.1) is 21.3 Å². The first-order valence-corrected chi connectivity index (χ1v) is 6.83. The Morgan fingerprint density at radius 3 is 2.05 bits per heavy atom. The third-order valence-electron chi connectivity index (χ3n) is 3.43. The lowest BCUT2D eigenvalue weighted by atomic mass is 9.83. The van der Waals surface area contributed by atoms with Crippen molar-refractivity contribution in [2.24, 2.45) is 5.92 Å². The minimum absolute atomic E-state index is 0.189. The molecule has 20 heavy (non-hydrogen) atoms. The van der Waals surface area contributed by atoms with E-state index in [0.29, 0.717) is 23.7 Å². The van der Waals surface area contributed by atoms with Crippen LogP contribution in [-0.4, -0.2) is 27.1 Å². The van der Waals surface area contributed by atoms with Gasteiger partial charge in [0.15, 0.2) is 11.5 Å². The van der Waals surface area contributed by atoms with E-state index in [1.165, 1.54) is 0 Å². The molecule has 4 heteroatoms. The summed E-state index contributed by atoms with van der Waals surface area (Å²) in [7, 11) is 4.72. The van der Waals surface area contributed by atoms with Crippen LogP contribution in [0.25, 0.3) is 0 Å². The van der Waals surface area contributed by atoms with Crippen molar-refractivity contribution >= 4 is 5.78 Å². The van der Waals surface area contributed by atoms with Crippen molar-refractivity contribution in [2.45, 2.75) is 33.1 Å². The van der Waals surface area contributed by atoms with Crippen molar-refractivity contribution < 1.29 is 19.0 Å². The van der Waals surface area contributed by atoms with Crippen LogP contribution in [0.3, 0.4) is 0 Å². The molecule has 0 radical (unpaired) electrons. The quantitative estimate of drug-likeness (QED) is 0.767. The normalized spacial score (nSPS) is 12.2. The van der Waals surface area contributed by atoms with Crippen LogP contribution < -0.4 is 14.2 Å². The summed E-state index contributed by atoms with van der Waals surface area (Å²) in [4.78, 5) is 12.2. The van der Waals surface area contributed by atoms with Gasteiger partial charge in [-0.1, -0.05) is 26.8 Å². The standard InChI is InChI=1S/C16H24O4/c1-7-12(17)14(10(2)3)11-8-9-13(18-4)16(20-6)15(11)19-5/h8-10,14H,7H2,1-6H3. The average Bonchev–Trinajstić information content (AvgIpc) is 2.45. The number of benzene rings is 1. The molecule has 0 saturated carbocycles. The summed E-state index contributed by atoms with van der Waals surface area (Å²) in [6, 6.07) is 3.70. The molecule has 0 N–H and O–H groups in total. The van der Waals surface area contributed by atoms with Gasteiger partial charge < -0.3 is 14.2 Å². The fourth-order valence-electron chi connectivity index (χ4n) is 2.49. The van der Waals surface area contributed by atoms with Crippen LogP contribution in [0.15, 0.2) is 12.1 Å². The maximum Gasteiger partial charge on any atom is 0.203 e. The number of ether oxygens (including phenoxy) is 3. The Hall–Kier alpha value is -1.71. The van der Waals surface area contributed by atoms with Crippen LogP contribution >= 0.6 is 0 Å². The van der Waals surface area contributed by atoms with Crippen molar-refractivity contribution in [1.29, 1.82) is 0 Å². The Morgan fingerprint density at radius 1 is 1.05 bits per heavy atom. The number of Topliss-reactive ketones (excluding diaryl/α,β-unsaturated/α-hetero) is 1. The number of carbonyl (C=O) groups excluding carboxylic acids is 1. The van der Waals surface area contributed by atoms with Crippen molar-refractivity contribution in [3.05, 3.63) is 17.7 Å². The number of hydrogen-bond donors (Lipinski definition) is 0. The molecule has 0 amide bonds. The number of methoxy groups -OCH3 is 3. The Labute approximate surface area is 121 Å². The molecule has 0 spiro atoms. The molecular weight excluding hydrogens is 256 g/mol. The largest absolute Gasteiger partial charge is 0.493 e. The highest BCUT2D eigenvalue weighted by atomic mass is 16.5. The first kappa shape index (κ1) is 16.3. The lowest BCUT2D eigenvalue weighted by molar-refractivity contribution is -0.121. The molecule has 0 fully saturated rings. The molecule has 0 aromatic heterocycles. The summed E-state index contributed by atoms with van der Waals surface area (Å²) in [5, 5.41) is 0. The van der Waals surface area contributed by atoms with Gasteiger partial charge in [-0.05, 0) is 12.0 Å². The molecule has 0 bridgehead atoms. The van der Waals surface area contributed by atoms with E-state index in [2.05, 4.69) is 0 Å². The summed E-state index contributed by atoms with van der Waals surface area (Å²) in [5.41, 5.74) is 0.854. The van der Waals surface area contributed by atoms with E-state index in [-0.39, 0.29) is 17.6 Å². The fraction of sp³-hybridized carbons (Fsp3) is 0.562. The molecule has 112 valence electrons. The first-order valence-electron chi connectivity index (χ1n) is 6.83. The monoisotopic (exact) mass is 280 g/mol. The summed E-state index contributed by atoms with van der Waals surface area (Å²) in [5.74, 6) is 1.89. The fourth-order valence-corrected chi connectivity index (χ4v) is 2.49. The highest BCUT2D eigenvalue weighted by Gasteiger charge is 2.28. The van der Waals surface area contributed by atoms with Gasteiger partial charge in [0, 0.05) is 17.9 Å².